The fraction of sp³-hybridized carbons (Fsp3) is 0.762. The first-order valence-electron chi connectivity index (χ1n) is 8.93. The topological polar surface area (TPSA) is 37.3 Å². The van der Waals surface area contributed by atoms with Gasteiger partial charge >= 0.3 is 0 Å². The zero-order valence-electron chi connectivity index (χ0n) is 15.5. The average Bonchev–Trinajstić information content (AvgIpc) is 2.84. The SMILES string of the molecule is C#C.C[C@H](/C=C/[C@H](C)C(C)(C)O)C1CCC2C(=O)CCC[C@@]21C. The summed E-state index contributed by atoms with van der Waals surface area (Å²) in [5.74, 6) is 2.05. The van der Waals surface area contributed by atoms with E-state index in [1.165, 1.54) is 12.8 Å². The Bertz CT molecular complexity index is 454. The largest absolute Gasteiger partial charge is 0.390 e. The van der Waals surface area contributed by atoms with Crippen LogP contribution in [0.3, 0.4) is 0 Å². The standard InChI is InChI=1S/C19H32O2.C2H2/c1-13(8-9-14(2)18(3,4)21)15-10-11-16-17(20)7-6-12-19(15,16)5;1-2/h8-9,13-16,21H,6-7,10-12H2,1-5H3;1-2H/b9-8+;/t13-,14+,15?,16?,19-;/m1./s1. The molecule has 2 aliphatic carbocycles. The zero-order valence-corrected chi connectivity index (χ0v) is 15.5. The lowest BCUT2D eigenvalue weighted by molar-refractivity contribution is -0.129. The van der Waals surface area contributed by atoms with E-state index < -0.39 is 5.60 Å². The molecule has 0 amide bonds. The van der Waals surface area contributed by atoms with E-state index in [9.17, 15) is 9.90 Å². The van der Waals surface area contributed by atoms with Gasteiger partial charge in [-0.2, -0.15) is 0 Å². The number of hydrogen-bond donors (Lipinski definition) is 1. The summed E-state index contributed by atoms with van der Waals surface area (Å²) in [6.07, 6.45) is 17.8. The van der Waals surface area contributed by atoms with Gasteiger partial charge in [-0.25, -0.2) is 0 Å². The number of hydrogen-bond acceptors (Lipinski definition) is 2. The Morgan fingerprint density at radius 3 is 2.43 bits per heavy atom. The van der Waals surface area contributed by atoms with E-state index in [4.69, 9.17) is 0 Å². The summed E-state index contributed by atoms with van der Waals surface area (Å²) in [7, 11) is 0. The third kappa shape index (κ3) is 4.27. The van der Waals surface area contributed by atoms with Crippen molar-refractivity contribution in [1.82, 2.24) is 0 Å². The monoisotopic (exact) mass is 318 g/mol. The summed E-state index contributed by atoms with van der Waals surface area (Å²) in [5, 5.41) is 10.0. The first-order chi connectivity index (χ1) is 10.7. The summed E-state index contributed by atoms with van der Waals surface area (Å²) in [6.45, 7) is 10.4. The molecular formula is C21H34O2. The van der Waals surface area contributed by atoms with Crippen LogP contribution in [0.25, 0.3) is 0 Å². The molecule has 2 saturated carbocycles. The van der Waals surface area contributed by atoms with Gasteiger partial charge in [-0.15, -0.1) is 12.8 Å². The molecule has 0 spiro atoms. The number of fused-ring (bicyclic) bond motifs is 1. The Hall–Kier alpha value is -1.07. The molecule has 2 aliphatic rings. The number of rotatable bonds is 4. The van der Waals surface area contributed by atoms with E-state index in [1.54, 1.807) is 0 Å². The average molecular weight is 319 g/mol. The van der Waals surface area contributed by atoms with Crippen LogP contribution in [0.15, 0.2) is 12.2 Å². The molecule has 130 valence electrons. The predicted octanol–water partition coefficient (Wildman–Crippen LogP) is 4.62. The van der Waals surface area contributed by atoms with Crippen molar-refractivity contribution in [3.8, 4) is 12.8 Å². The highest BCUT2D eigenvalue weighted by Gasteiger charge is 2.51. The zero-order chi connectivity index (χ0) is 17.8. The van der Waals surface area contributed by atoms with Crippen LogP contribution in [0, 0.1) is 41.9 Å². The highest BCUT2D eigenvalue weighted by molar-refractivity contribution is 5.83. The van der Waals surface area contributed by atoms with Crippen molar-refractivity contribution in [3.05, 3.63) is 12.2 Å². The lowest BCUT2D eigenvalue weighted by Crippen LogP contribution is -2.39. The first-order valence-corrected chi connectivity index (χ1v) is 8.93. The summed E-state index contributed by atoms with van der Waals surface area (Å²) >= 11 is 0. The number of aliphatic hydroxyl groups is 1. The Kier molecular flexibility index (Phi) is 6.66. The Balaban J connectivity index is 0.00000127. The lowest BCUT2D eigenvalue weighted by Gasteiger charge is -2.41. The molecule has 23 heavy (non-hydrogen) atoms. The highest BCUT2D eigenvalue weighted by atomic mass is 16.3. The van der Waals surface area contributed by atoms with E-state index in [2.05, 4.69) is 45.8 Å². The number of terminal acetylenes is 1. The maximum Gasteiger partial charge on any atom is 0.136 e. The number of carbonyl (C=O) groups excluding carboxylic acids is 1. The first kappa shape index (κ1) is 20.0. The van der Waals surface area contributed by atoms with Crippen LogP contribution in [-0.2, 0) is 4.79 Å². The van der Waals surface area contributed by atoms with Crippen LogP contribution >= 0.6 is 0 Å². The van der Waals surface area contributed by atoms with Crippen molar-refractivity contribution in [3.63, 3.8) is 0 Å². The van der Waals surface area contributed by atoms with Crippen LogP contribution in [0.1, 0.15) is 66.7 Å². The molecule has 0 aromatic heterocycles. The lowest BCUT2D eigenvalue weighted by atomic mass is 9.62. The number of ketones is 1. The second kappa shape index (κ2) is 7.67. The molecule has 5 atom stereocenters. The minimum absolute atomic E-state index is 0.151. The smallest absolute Gasteiger partial charge is 0.136 e. The predicted molar refractivity (Wildman–Crippen MR) is 96.8 cm³/mol. The van der Waals surface area contributed by atoms with E-state index in [-0.39, 0.29) is 11.3 Å². The van der Waals surface area contributed by atoms with Gasteiger partial charge in [0.05, 0.1) is 5.60 Å². The Morgan fingerprint density at radius 2 is 1.87 bits per heavy atom. The van der Waals surface area contributed by atoms with Gasteiger partial charge in [-0.05, 0) is 56.8 Å². The van der Waals surface area contributed by atoms with E-state index in [1.807, 2.05) is 13.8 Å². The van der Waals surface area contributed by atoms with Crippen LogP contribution in [0.2, 0.25) is 0 Å². The summed E-state index contributed by atoms with van der Waals surface area (Å²) in [6, 6.07) is 0. The molecular weight excluding hydrogens is 284 g/mol. The van der Waals surface area contributed by atoms with E-state index in [0.29, 0.717) is 23.5 Å². The van der Waals surface area contributed by atoms with Crippen LogP contribution < -0.4 is 0 Å². The number of Topliss-reactive ketones (excluding diaryl/α,β-unsaturated/α-hetero) is 1. The van der Waals surface area contributed by atoms with Crippen LogP contribution in [0.5, 0.6) is 0 Å². The molecule has 0 aromatic rings. The quantitative estimate of drug-likeness (QED) is 0.606. The normalized spacial score (nSPS) is 33.7. The molecule has 2 heteroatoms. The molecule has 0 heterocycles. The minimum atomic E-state index is -0.668. The third-order valence-electron chi connectivity index (χ3n) is 6.39. The van der Waals surface area contributed by atoms with Gasteiger partial charge in [0.25, 0.3) is 0 Å². The maximum atomic E-state index is 12.2. The molecule has 0 aromatic carbocycles. The van der Waals surface area contributed by atoms with Crippen LogP contribution in [0.4, 0.5) is 0 Å². The molecule has 2 unspecified atom stereocenters. The van der Waals surface area contributed by atoms with Gasteiger partial charge in [0.15, 0.2) is 0 Å². The molecule has 0 bridgehead atoms. The highest BCUT2D eigenvalue weighted by Crippen LogP contribution is 2.56. The Labute approximate surface area is 142 Å². The van der Waals surface area contributed by atoms with Crippen molar-refractivity contribution < 1.29 is 9.90 Å². The van der Waals surface area contributed by atoms with Gasteiger partial charge < -0.3 is 5.11 Å². The molecule has 0 saturated heterocycles. The van der Waals surface area contributed by atoms with Crippen molar-refractivity contribution in [2.75, 3.05) is 0 Å². The molecule has 2 rings (SSSR count). The fourth-order valence-corrected chi connectivity index (χ4v) is 4.55. The molecule has 0 aliphatic heterocycles. The van der Waals surface area contributed by atoms with Crippen molar-refractivity contribution >= 4 is 5.78 Å². The molecule has 0 radical (unpaired) electrons. The molecule has 2 nitrogen and oxygen atoms in total. The second-order valence-corrected chi connectivity index (χ2v) is 8.25. The molecule has 1 N–H and O–H groups in total. The van der Waals surface area contributed by atoms with Gasteiger partial charge in [0.1, 0.15) is 5.78 Å². The van der Waals surface area contributed by atoms with E-state index in [0.717, 1.165) is 19.3 Å². The van der Waals surface area contributed by atoms with E-state index >= 15 is 0 Å². The summed E-state index contributed by atoms with van der Waals surface area (Å²) < 4.78 is 0. The molecule has 2 fully saturated rings. The summed E-state index contributed by atoms with van der Waals surface area (Å²) in [5.41, 5.74) is -0.462. The number of allylic oxidation sites excluding steroid dienone is 1. The van der Waals surface area contributed by atoms with Crippen LogP contribution in [-0.4, -0.2) is 16.5 Å². The summed E-state index contributed by atoms with van der Waals surface area (Å²) in [4.78, 5) is 12.2. The van der Waals surface area contributed by atoms with Gasteiger partial charge in [-0.3, -0.25) is 4.79 Å². The van der Waals surface area contributed by atoms with Gasteiger partial charge in [0, 0.05) is 18.3 Å². The third-order valence-corrected chi connectivity index (χ3v) is 6.39. The van der Waals surface area contributed by atoms with Crippen molar-refractivity contribution in [1.29, 1.82) is 0 Å². The Morgan fingerprint density at radius 1 is 1.26 bits per heavy atom. The fourth-order valence-electron chi connectivity index (χ4n) is 4.55. The van der Waals surface area contributed by atoms with Gasteiger partial charge in [0.2, 0.25) is 0 Å². The maximum absolute atomic E-state index is 12.2. The van der Waals surface area contributed by atoms with Crippen molar-refractivity contribution in [2.45, 2.75) is 72.3 Å². The van der Waals surface area contributed by atoms with Gasteiger partial charge in [-0.1, -0.05) is 32.9 Å². The minimum Gasteiger partial charge on any atom is -0.390 e. The second-order valence-electron chi connectivity index (χ2n) is 8.25. The van der Waals surface area contributed by atoms with Crippen molar-refractivity contribution in [2.24, 2.45) is 29.1 Å². The number of carbonyl (C=O) groups is 1.